The number of nitrogens with zero attached hydrogens (tertiary/aromatic N) is 1. The fourth-order valence-electron chi connectivity index (χ4n) is 2.28. The zero-order valence-electron chi connectivity index (χ0n) is 11.8. The molecule has 0 radical (unpaired) electrons. The van der Waals surface area contributed by atoms with E-state index in [4.69, 9.17) is 5.73 Å². The molecule has 0 bridgehead atoms. The normalized spacial score (nSPS) is 10.9. The minimum Gasteiger partial charge on any atom is -0.398 e. The van der Waals surface area contributed by atoms with Gasteiger partial charge in [-0.2, -0.15) is 0 Å². The van der Waals surface area contributed by atoms with Crippen LogP contribution in [0.1, 0.15) is 17.5 Å². The van der Waals surface area contributed by atoms with E-state index in [2.05, 4.69) is 64.3 Å². The van der Waals surface area contributed by atoms with Gasteiger partial charge in [0, 0.05) is 16.7 Å². The molecule has 0 saturated heterocycles. The Balaban J connectivity index is 1.79. The van der Waals surface area contributed by atoms with Gasteiger partial charge in [0.05, 0.1) is 0 Å². The van der Waals surface area contributed by atoms with Crippen molar-refractivity contribution in [3.8, 4) is 0 Å². The first-order chi connectivity index (χ1) is 9.65. The molecule has 0 heterocycles. The topological polar surface area (TPSA) is 29.3 Å². The van der Waals surface area contributed by atoms with E-state index in [-0.39, 0.29) is 0 Å². The summed E-state index contributed by atoms with van der Waals surface area (Å²) in [6.07, 6.45) is 2.29. The lowest BCUT2D eigenvalue weighted by molar-refractivity contribution is 0.323. The molecule has 20 heavy (non-hydrogen) atoms. The molecule has 0 unspecified atom stereocenters. The van der Waals surface area contributed by atoms with Crippen LogP contribution in [0.15, 0.2) is 53.0 Å². The number of benzene rings is 2. The van der Waals surface area contributed by atoms with Crippen molar-refractivity contribution in [2.45, 2.75) is 19.4 Å². The highest BCUT2D eigenvalue weighted by atomic mass is 79.9. The van der Waals surface area contributed by atoms with Gasteiger partial charge in [0.2, 0.25) is 0 Å². The number of aryl methyl sites for hydroxylation is 1. The van der Waals surface area contributed by atoms with Crippen LogP contribution in [0, 0.1) is 0 Å². The predicted molar refractivity (Wildman–Crippen MR) is 89.7 cm³/mol. The number of nitrogen functional groups attached to an aromatic ring is 1. The Bertz CT molecular complexity index is 540. The first-order valence-electron chi connectivity index (χ1n) is 6.91. The van der Waals surface area contributed by atoms with Crippen LogP contribution in [-0.2, 0) is 13.0 Å². The average Bonchev–Trinajstić information content (AvgIpc) is 2.43. The fraction of sp³-hybridized carbons (Fsp3) is 0.294. The summed E-state index contributed by atoms with van der Waals surface area (Å²) in [5, 5.41) is 0. The summed E-state index contributed by atoms with van der Waals surface area (Å²) in [5.74, 6) is 0. The van der Waals surface area contributed by atoms with E-state index < -0.39 is 0 Å². The van der Waals surface area contributed by atoms with Crippen molar-refractivity contribution >= 4 is 21.6 Å². The second kappa shape index (κ2) is 7.46. The van der Waals surface area contributed by atoms with E-state index in [1.807, 2.05) is 12.1 Å². The molecule has 0 atom stereocenters. The molecule has 0 saturated carbocycles. The molecular weight excluding hydrogens is 312 g/mol. The maximum atomic E-state index is 6.03. The number of hydrogen-bond acceptors (Lipinski definition) is 2. The predicted octanol–water partition coefficient (Wildman–Crippen LogP) is 4.10. The molecule has 3 heteroatoms. The molecule has 2 aromatic carbocycles. The lowest BCUT2D eigenvalue weighted by Gasteiger charge is -2.18. The molecule has 0 aliphatic rings. The van der Waals surface area contributed by atoms with Crippen LogP contribution in [0.2, 0.25) is 0 Å². The van der Waals surface area contributed by atoms with Crippen LogP contribution in [0.4, 0.5) is 5.69 Å². The van der Waals surface area contributed by atoms with Crippen LogP contribution in [0.3, 0.4) is 0 Å². The summed E-state index contributed by atoms with van der Waals surface area (Å²) in [5.41, 5.74) is 9.49. The van der Waals surface area contributed by atoms with Gasteiger partial charge in [-0.25, -0.2) is 0 Å². The van der Waals surface area contributed by atoms with Gasteiger partial charge in [0.15, 0.2) is 0 Å². The van der Waals surface area contributed by atoms with E-state index >= 15 is 0 Å². The molecule has 0 aromatic heterocycles. The highest BCUT2D eigenvalue weighted by Gasteiger charge is 2.04. The van der Waals surface area contributed by atoms with Gasteiger partial charge < -0.3 is 10.6 Å². The van der Waals surface area contributed by atoms with Crippen molar-refractivity contribution < 1.29 is 0 Å². The number of nitrogens with two attached hydrogens (primary N) is 1. The van der Waals surface area contributed by atoms with Crippen LogP contribution in [-0.4, -0.2) is 18.5 Å². The number of hydrogen-bond donors (Lipinski definition) is 1. The molecule has 0 fully saturated rings. The quantitative estimate of drug-likeness (QED) is 0.807. The first-order valence-corrected chi connectivity index (χ1v) is 7.71. The number of halogens is 1. The van der Waals surface area contributed by atoms with Gasteiger partial charge in [0.1, 0.15) is 0 Å². The third kappa shape index (κ3) is 4.66. The molecule has 2 nitrogen and oxygen atoms in total. The van der Waals surface area contributed by atoms with E-state index in [1.54, 1.807) is 0 Å². The van der Waals surface area contributed by atoms with Crippen LogP contribution < -0.4 is 5.73 Å². The van der Waals surface area contributed by atoms with Crippen molar-refractivity contribution in [1.82, 2.24) is 4.90 Å². The Kier molecular flexibility index (Phi) is 5.62. The van der Waals surface area contributed by atoms with Crippen molar-refractivity contribution in [1.29, 1.82) is 0 Å². The minimum atomic E-state index is 0.856. The van der Waals surface area contributed by atoms with Crippen molar-refractivity contribution in [3.63, 3.8) is 0 Å². The molecule has 0 spiro atoms. The van der Waals surface area contributed by atoms with Gasteiger partial charge in [-0.15, -0.1) is 0 Å². The zero-order valence-corrected chi connectivity index (χ0v) is 13.4. The molecular formula is C17H21BrN2. The van der Waals surface area contributed by atoms with E-state index in [9.17, 15) is 0 Å². The summed E-state index contributed by atoms with van der Waals surface area (Å²) < 4.78 is 1.03. The monoisotopic (exact) mass is 332 g/mol. The standard InChI is InChI=1S/C17H21BrN2/c1-20(11-5-8-14-6-3-2-4-7-14)13-15-9-10-16(18)12-17(15)19/h2-4,6-7,9-10,12H,5,8,11,13,19H2,1H3. The maximum absolute atomic E-state index is 6.03. The summed E-state index contributed by atoms with van der Waals surface area (Å²) in [7, 11) is 2.15. The maximum Gasteiger partial charge on any atom is 0.0371 e. The molecule has 0 aliphatic carbocycles. The SMILES string of the molecule is CN(CCCc1ccccc1)Cc1ccc(Br)cc1N. The van der Waals surface area contributed by atoms with Gasteiger partial charge in [-0.1, -0.05) is 52.3 Å². The van der Waals surface area contributed by atoms with E-state index in [0.29, 0.717) is 0 Å². The molecule has 2 aromatic rings. The lowest BCUT2D eigenvalue weighted by atomic mass is 10.1. The third-order valence-electron chi connectivity index (χ3n) is 3.40. The van der Waals surface area contributed by atoms with Gasteiger partial charge >= 0.3 is 0 Å². The zero-order chi connectivity index (χ0) is 14.4. The third-order valence-corrected chi connectivity index (χ3v) is 3.89. The van der Waals surface area contributed by atoms with Crippen LogP contribution in [0.5, 0.6) is 0 Å². The average molecular weight is 333 g/mol. The Hall–Kier alpha value is -1.32. The lowest BCUT2D eigenvalue weighted by Crippen LogP contribution is -2.20. The van der Waals surface area contributed by atoms with Gasteiger partial charge in [-0.3, -0.25) is 0 Å². The Morgan fingerprint density at radius 3 is 2.55 bits per heavy atom. The van der Waals surface area contributed by atoms with Crippen molar-refractivity contribution in [3.05, 3.63) is 64.1 Å². The fourth-order valence-corrected chi connectivity index (χ4v) is 2.66. The minimum absolute atomic E-state index is 0.856. The number of anilines is 1. The molecule has 106 valence electrons. The first kappa shape index (κ1) is 15.1. The van der Waals surface area contributed by atoms with E-state index in [1.165, 1.54) is 11.1 Å². The Morgan fingerprint density at radius 2 is 1.85 bits per heavy atom. The molecule has 2 rings (SSSR count). The highest BCUT2D eigenvalue weighted by molar-refractivity contribution is 9.10. The van der Waals surface area contributed by atoms with Crippen molar-refractivity contribution in [2.75, 3.05) is 19.3 Å². The Morgan fingerprint density at radius 1 is 1.10 bits per heavy atom. The summed E-state index contributed by atoms with van der Waals surface area (Å²) in [4.78, 5) is 2.32. The molecule has 0 aliphatic heterocycles. The summed E-state index contributed by atoms with van der Waals surface area (Å²) in [6, 6.07) is 16.7. The number of rotatable bonds is 6. The molecule has 2 N–H and O–H groups in total. The summed E-state index contributed by atoms with van der Waals surface area (Å²) in [6.45, 7) is 1.97. The molecule has 0 amide bonds. The smallest absolute Gasteiger partial charge is 0.0371 e. The van der Waals surface area contributed by atoms with Gasteiger partial charge in [-0.05, 0) is 49.7 Å². The second-order valence-electron chi connectivity index (χ2n) is 5.17. The van der Waals surface area contributed by atoms with Gasteiger partial charge in [0.25, 0.3) is 0 Å². The highest BCUT2D eigenvalue weighted by Crippen LogP contribution is 2.19. The summed E-state index contributed by atoms with van der Waals surface area (Å²) >= 11 is 3.44. The van der Waals surface area contributed by atoms with Crippen LogP contribution >= 0.6 is 15.9 Å². The van der Waals surface area contributed by atoms with Crippen molar-refractivity contribution in [2.24, 2.45) is 0 Å². The van der Waals surface area contributed by atoms with E-state index in [0.717, 1.165) is 36.1 Å². The second-order valence-corrected chi connectivity index (χ2v) is 6.09. The van der Waals surface area contributed by atoms with Crippen LogP contribution in [0.25, 0.3) is 0 Å². The Labute approximate surface area is 129 Å². The largest absolute Gasteiger partial charge is 0.398 e.